The van der Waals surface area contributed by atoms with Crippen molar-refractivity contribution in [3.05, 3.63) is 33.6 Å². The number of unbranched alkanes of at least 4 members (excludes halogenated alkanes) is 1. The van der Waals surface area contributed by atoms with Crippen molar-refractivity contribution in [3.8, 4) is 6.07 Å². The molecule has 0 saturated heterocycles. The van der Waals surface area contributed by atoms with Gasteiger partial charge in [-0.05, 0) is 36.8 Å². The number of aryl methyl sites for hydroxylation is 1. The molecule has 0 radical (unpaired) electrons. The number of fused-ring (bicyclic) bond motifs is 1. The molecule has 3 nitrogen and oxygen atoms in total. The second-order valence-electron chi connectivity index (χ2n) is 6.14. The number of nitrogens with one attached hydrogen (secondary N) is 1. The second-order valence-corrected chi connectivity index (χ2v) is 6.55. The third-order valence-electron chi connectivity index (χ3n) is 4.25. The van der Waals surface area contributed by atoms with Crippen LogP contribution in [0.2, 0.25) is 0 Å². The summed E-state index contributed by atoms with van der Waals surface area (Å²) < 4.78 is 0.636. The first kappa shape index (κ1) is 19.4. The summed E-state index contributed by atoms with van der Waals surface area (Å²) in [5.74, 6) is 0.760. The number of hydrogen-bond donors (Lipinski definition) is 2. The minimum atomic E-state index is 0.448. The minimum absolute atomic E-state index is 0.448. The molecule has 1 aliphatic carbocycles. The molecular weight excluding hydrogens is 302 g/mol. The van der Waals surface area contributed by atoms with Crippen molar-refractivity contribution in [1.29, 1.82) is 5.26 Å². The average Bonchev–Trinajstić information content (AvgIpc) is 2.55. The highest BCUT2D eigenvalue weighted by Crippen LogP contribution is 2.29. The number of pyridine rings is 1. The fourth-order valence-corrected chi connectivity index (χ4v) is 3.09. The summed E-state index contributed by atoms with van der Waals surface area (Å²) in [4.78, 5) is 3.28. The van der Waals surface area contributed by atoms with E-state index in [0.29, 0.717) is 10.3 Å². The van der Waals surface area contributed by atoms with Crippen molar-refractivity contribution in [1.82, 2.24) is 4.98 Å². The lowest BCUT2D eigenvalue weighted by atomic mass is 9.83. The highest BCUT2D eigenvalue weighted by atomic mass is 32.1. The highest BCUT2D eigenvalue weighted by molar-refractivity contribution is 7.71. The molecule has 0 aromatic carbocycles. The molecule has 23 heavy (non-hydrogen) atoms. The number of rotatable bonds is 4. The van der Waals surface area contributed by atoms with Crippen LogP contribution < -0.4 is 5.73 Å². The van der Waals surface area contributed by atoms with E-state index in [1.807, 2.05) is 6.07 Å². The van der Waals surface area contributed by atoms with Gasteiger partial charge in [0.05, 0.1) is 11.8 Å². The van der Waals surface area contributed by atoms with Gasteiger partial charge in [-0.15, -0.1) is 0 Å². The molecule has 3 N–H and O–H groups in total. The normalized spacial score (nSPS) is 16.8. The molecule has 0 saturated carbocycles. The zero-order valence-corrected chi connectivity index (χ0v) is 15.4. The predicted octanol–water partition coefficient (Wildman–Crippen LogP) is 5.28. The Labute approximate surface area is 145 Å². The van der Waals surface area contributed by atoms with E-state index in [9.17, 15) is 0 Å². The van der Waals surface area contributed by atoms with Crippen LogP contribution in [0.5, 0.6) is 0 Å². The molecular formula is C19H29N3S. The zero-order chi connectivity index (χ0) is 17.2. The Morgan fingerprint density at radius 2 is 2.09 bits per heavy atom. The smallest absolute Gasteiger partial charge is 0.112 e. The maximum absolute atomic E-state index is 8.69. The topological polar surface area (TPSA) is 65.6 Å². The second kappa shape index (κ2) is 10.2. The molecule has 1 aromatic rings. The standard InChI is InChI=1S/C15H19N3S.C4H10/c1-2-3-10-4-5-14-11(8-10)9-12(15(19)18-14)13(17)6-7-16;1-3-4-2/h6,9-10H,2-5,8,17H2,1H3,(H,18,19);3-4H2,1-2H3/b13-6-;. The van der Waals surface area contributed by atoms with Crippen LogP contribution in [-0.4, -0.2) is 4.98 Å². The Morgan fingerprint density at radius 3 is 2.65 bits per heavy atom. The van der Waals surface area contributed by atoms with E-state index in [4.69, 9.17) is 23.2 Å². The van der Waals surface area contributed by atoms with E-state index in [-0.39, 0.29) is 0 Å². The minimum Gasteiger partial charge on any atom is -0.398 e. The molecule has 1 aromatic heterocycles. The SMILES string of the molecule is CCCC.CCCC1CCc2[nH]c(=S)c(/C(N)=C/C#N)cc2C1. The van der Waals surface area contributed by atoms with Crippen molar-refractivity contribution in [3.63, 3.8) is 0 Å². The molecule has 0 aliphatic heterocycles. The lowest BCUT2D eigenvalue weighted by Gasteiger charge is -2.24. The molecule has 1 unspecified atom stereocenters. The molecule has 0 amide bonds. The number of allylic oxidation sites excluding steroid dienone is 1. The number of hydrogen-bond acceptors (Lipinski definition) is 3. The fourth-order valence-electron chi connectivity index (χ4n) is 2.79. The van der Waals surface area contributed by atoms with Gasteiger partial charge in [-0.25, -0.2) is 0 Å². The largest absolute Gasteiger partial charge is 0.398 e. The number of aromatic nitrogens is 1. The van der Waals surface area contributed by atoms with Crippen LogP contribution in [0.1, 0.15) is 69.7 Å². The van der Waals surface area contributed by atoms with Crippen molar-refractivity contribution in [2.45, 2.75) is 65.7 Å². The van der Waals surface area contributed by atoms with E-state index in [1.165, 1.54) is 49.4 Å². The van der Waals surface area contributed by atoms with Gasteiger partial charge in [0.2, 0.25) is 0 Å². The maximum Gasteiger partial charge on any atom is 0.112 e. The van der Waals surface area contributed by atoms with Gasteiger partial charge in [-0.1, -0.05) is 58.7 Å². The van der Waals surface area contributed by atoms with E-state index < -0.39 is 0 Å². The number of aromatic amines is 1. The fraction of sp³-hybridized carbons (Fsp3) is 0.579. The van der Waals surface area contributed by atoms with Crippen LogP contribution in [0, 0.1) is 21.9 Å². The summed E-state index contributed by atoms with van der Waals surface area (Å²) in [7, 11) is 0. The molecule has 1 aliphatic rings. The van der Waals surface area contributed by atoms with Gasteiger partial charge in [0.1, 0.15) is 4.64 Å². The zero-order valence-electron chi connectivity index (χ0n) is 14.6. The Balaban J connectivity index is 0.000000593. The van der Waals surface area contributed by atoms with Crippen LogP contribution in [0.4, 0.5) is 0 Å². The third kappa shape index (κ3) is 5.84. The number of nitriles is 1. The van der Waals surface area contributed by atoms with Crippen LogP contribution in [0.25, 0.3) is 5.70 Å². The summed E-state index contributed by atoms with van der Waals surface area (Å²) in [5.41, 5.74) is 9.67. The molecule has 0 fully saturated rings. The average molecular weight is 332 g/mol. The van der Waals surface area contributed by atoms with Crippen LogP contribution in [0.15, 0.2) is 12.1 Å². The van der Waals surface area contributed by atoms with Gasteiger partial charge >= 0.3 is 0 Å². The van der Waals surface area contributed by atoms with Gasteiger partial charge in [0, 0.05) is 17.3 Å². The first-order valence-electron chi connectivity index (χ1n) is 8.67. The van der Waals surface area contributed by atoms with E-state index in [2.05, 4.69) is 31.8 Å². The van der Waals surface area contributed by atoms with Crippen molar-refractivity contribution in [2.24, 2.45) is 11.7 Å². The highest BCUT2D eigenvalue weighted by Gasteiger charge is 2.19. The maximum atomic E-state index is 8.69. The first-order valence-corrected chi connectivity index (χ1v) is 9.08. The quantitative estimate of drug-likeness (QED) is 0.583. The van der Waals surface area contributed by atoms with Crippen LogP contribution in [-0.2, 0) is 12.8 Å². The molecule has 1 atom stereocenters. The molecule has 4 heteroatoms. The van der Waals surface area contributed by atoms with Gasteiger partial charge in [-0.2, -0.15) is 5.26 Å². The Morgan fingerprint density at radius 1 is 1.39 bits per heavy atom. The van der Waals surface area contributed by atoms with Gasteiger partial charge in [0.15, 0.2) is 0 Å². The monoisotopic (exact) mass is 331 g/mol. The Hall–Kier alpha value is -1.60. The Bertz CT molecular complexity index is 620. The lowest BCUT2D eigenvalue weighted by molar-refractivity contribution is 0.418. The van der Waals surface area contributed by atoms with Crippen LogP contribution >= 0.6 is 12.2 Å². The van der Waals surface area contributed by atoms with Gasteiger partial charge < -0.3 is 10.7 Å². The molecule has 0 spiro atoms. The summed E-state index contributed by atoms with van der Waals surface area (Å²) >= 11 is 5.32. The summed E-state index contributed by atoms with van der Waals surface area (Å²) in [6.07, 6.45) is 9.86. The number of H-pyrrole nitrogens is 1. The third-order valence-corrected chi connectivity index (χ3v) is 4.58. The molecule has 126 valence electrons. The van der Waals surface area contributed by atoms with E-state index in [0.717, 1.165) is 24.3 Å². The van der Waals surface area contributed by atoms with Crippen molar-refractivity contribution < 1.29 is 0 Å². The van der Waals surface area contributed by atoms with Crippen molar-refractivity contribution in [2.75, 3.05) is 0 Å². The van der Waals surface area contributed by atoms with Crippen molar-refractivity contribution >= 4 is 17.9 Å². The number of nitrogens with zero attached hydrogens (tertiary/aromatic N) is 1. The summed E-state index contributed by atoms with van der Waals surface area (Å²) in [6, 6.07) is 4.02. The van der Waals surface area contributed by atoms with Crippen LogP contribution in [0.3, 0.4) is 0 Å². The molecule has 1 heterocycles. The molecule has 2 rings (SSSR count). The summed E-state index contributed by atoms with van der Waals surface area (Å²) in [5, 5.41) is 8.69. The number of nitrogens with two attached hydrogens (primary N) is 1. The van der Waals surface area contributed by atoms with Gasteiger partial charge in [-0.3, -0.25) is 0 Å². The van der Waals surface area contributed by atoms with E-state index in [1.54, 1.807) is 0 Å². The first-order chi connectivity index (χ1) is 11.1. The van der Waals surface area contributed by atoms with Gasteiger partial charge in [0.25, 0.3) is 0 Å². The Kier molecular flexibility index (Phi) is 8.65. The summed E-state index contributed by atoms with van der Waals surface area (Å²) in [6.45, 7) is 6.59. The van der Waals surface area contributed by atoms with E-state index >= 15 is 0 Å². The lowest BCUT2D eigenvalue weighted by Crippen LogP contribution is -2.16. The predicted molar refractivity (Wildman–Crippen MR) is 100 cm³/mol. The molecule has 0 bridgehead atoms.